The molecule has 0 aliphatic carbocycles. The van der Waals surface area contributed by atoms with Gasteiger partial charge in [-0.15, -0.1) is 0 Å². The van der Waals surface area contributed by atoms with Crippen molar-refractivity contribution in [2.75, 3.05) is 5.32 Å². The molecule has 3 aromatic carbocycles. The van der Waals surface area contributed by atoms with E-state index in [4.69, 9.17) is 39.5 Å². The summed E-state index contributed by atoms with van der Waals surface area (Å²) >= 11 is 21.8. The lowest BCUT2D eigenvalue weighted by Crippen LogP contribution is -2.13. The average molecular weight is 566 g/mol. The third-order valence-corrected chi connectivity index (χ3v) is 6.37. The molecule has 1 N–H and O–H groups in total. The van der Waals surface area contributed by atoms with Gasteiger partial charge in [0.25, 0.3) is 5.91 Å². The van der Waals surface area contributed by atoms with E-state index in [0.29, 0.717) is 33.8 Å². The third-order valence-electron chi connectivity index (χ3n) is 4.70. The molecule has 1 amide bonds. The summed E-state index contributed by atoms with van der Waals surface area (Å²) in [7, 11) is 0. The summed E-state index contributed by atoms with van der Waals surface area (Å²) in [5.74, 6) is 0.683. The van der Waals surface area contributed by atoms with Crippen LogP contribution in [0.2, 0.25) is 15.1 Å². The molecule has 0 spiro atoms. The minimum Gasteiger partial charge on any atom is -0.488 e. The van der Waals surface area contributed by atoms with E-state index in [0.717, 1.165) is 21.3 Å². The zero-order chi connectivity index (χ0) is 23.4. The topological polar surface area (TPSA) is 56.2 Å². The van der Waals surface area contributed by atoms with Crippen LogP contribution in [0.1, 0.15) is 21.5 Å². The van der Waals surface area contributed by atoms with Gasteiger partial charge in [0, 0.05) is 11.8 Å². The third kappa shape index (κ3) is 6.09. The number of aromatic nitrogens is 2. The summed E-state index contributed by atoms with van der Waals surface area (Å²) in [6.45, 7) is 0.747. The number of benzene rings is 3. The lowest BCUT2D eigenvalue weighted by molar-refractivity contribution is 0.102. The van der Waals surface area contributed by atoms with Gasteiger partial charge in [-0.3, -0.25) is 9.48 Å². The predicted octanol–water partition coefficient (Wildman–Crippen LogP) is 7.49. The second-order valence-corrected chi connectivity index (χ2v) is 9.22. The predicted molar refractivity (Wildman–Crippen MR) is 136 cm³/mol. The second kappa shape index (κ2) is 10.6. The number of carbonyl (C=O) groups excluding carboxylic acids is 1. The smallest absolute Gasteiger partial charge is 0.256 e. The number of nitrogens with one attached hydrogen (secondary N) is 1. The quantitative estimate of drug-likeness (QED) is 0.253. The number of nitrogens with zero attached hydrogens (tertiary/aromatic N) is 2. The summed E-state index contributed by atoms with van der Waals surface area (Å²) in [6, 6.07) is 20.1. The first-order valence-corrected chi connectivity index (χ1v) is 11.8. The molecule has 0 saturated carbocycles. The monoisotopic (exact) mass is 563 g/mol. The standard InChI is InChI=1S/C24H17BrCl3N3O2/c25-18-6-1-2-7-22(18)33-14-16-4-3-5-17(10-16)24(32)29-23-21(28)13-31(30-23)12-15-8-9-19(26)20(27)11-15/h1-11,13H,12,14H2,(H,29,30,32). The molecule has 168 valence electrons. The van der Waals surface area contributed by atoms with E-state index in [9.17, 15) is 4.79 Å². The first-order chi connectivity index (χ1) is 15.9. The summed E-state index contributed by atoms with van der Waals surface area (Å²) in [6.07, 6.45) is 1.64. The van der Waals surface area contributed by atoms with Crippen molar-refractivity contribution in [3.05, 3.63) is 109 Å². The molecule has 4 aromatic rings. The number of rotatable bonds is 7. The Morgan fingerprint density at radius 2 is 1.76 bits per heavy atom. The van der Waals surface area contributed by atoms with Gasteiger partial charge in [0.15, 0.2) is 5.82 Å². The maximum atomic E-state index is 12.8. The van der Waals surface area contributed by atoms with Crippen molar-refractivity contribution in [3.8, 4) is 5.75 Å². The summed E-state index contributed by atoms with van der Waals surface area (Å²) in [4.78, 5) is 12.8. The molecule has 0 fully saturated rings. The zero-order valence-electron chi connectivity index (χ0n) is 17.1. The molecule has 0 radical (unpaired) electrons. The van der Waals surface area contributed by atoms with E-state index in [1.807, 2.05) is 36.4 Å². The number of hydrogen-bond donors (Lipinski definition) is 1. The highest BCUT2D eigenvalue weighted by Gasteiger charge is 2.14. The first-order valence-electron chi connectivity index (χ1n) is 9.83. The lowest BCUT2D eigenvalue weighted by Gasteiger charge is -2.09. The van der Waals surface area contributed by atoms with Gasteiger partial charge < -0.3 is 10.1 Å². The number of halogens is 4. The fraction of sp³-hybridized carbons (Fsp3) is 0.0833. The second-order valence-electron chi connectivity index (χ2n) is 7.15. The molecule has 4 rings (SSSR count). The molecule has 0 aliphatic heterocycles. The largest absolute Gasteiger partial charge is 0.488 e. The molecule has 1 heterocycles. The number of ether oxygens (including phenoxy) is 1. The van der Waals surface area contributed by atoms with E-state index >= 15 is 0 Å². The van der Waals surface area contributed by atoms with Crippen LogP contribution in [0.3, 0.4) is 0 Å². The summed E-state index contributed by atoms with van der Waals surface area (Å²) < 4.78 is 8.33. The molecule has 0 saturated heterocycles. The minimum absolute atomic E-state index is 0.275. The van der Waals surface area contributed by atoms with Gasteiger partial charge in [0.05, 0.1) is 21.1 Å². The van der Waals surface area contributed by atoms with Crippen LogP contribution in [0, 0.1) is 0 Å². The molecule has 0 aliphatic rings. The Balaban J connectivity index is 1.42. The van der Waals surface area contributed by atoms with Gasteiger partial charge in [-0.1, -0.05) is 65.1 Å². The first kappa shape index (κ1) is 23.6. The molecule has 0 unspecified atom stereocenters. The van der Waals surface area contributed by atoms with E-state index in [1.54, 1.807) is 41.2 Å². The van der Waals surface area contributed by atoms with Crippen molar-refractivity contribution in [1.82, 2.24) is 9.78 Å². The SMILES string of the molecule is O=C(Nc1nn(Cc2ccc(Cl)c(Cl)c2)cc1Cl)c1cccc(COc2ccccc2Br)c1. The molecule has 33 heavy (non-hydrogen) atoms. The molecule has 9 heteroatoms. The Morgan fingerprint density at radius 1 is 0.939 bits per heavy atom. The lowest BCUT2D eigenvalue weighted by atomic mass is 10.1. The Hall–Kier alpha value is -2.51. The van der Waals surface area contributed by atoms with Gasteiger partial charge in [0.1, 0.15) is 17.4 Å². The van der Waals surface area contributed by atoms with Crippen molar-refractivity contribution < 1.29 is 9.53 Å². The normalized spacial score (nSPS) is 10.8. The van der Waals surface area contributed by atoms with E-state index in [1.165, 1.54) is 0 Å². The van der Waals surface area contributed by atoms with Crippen molar-refractivity contribution in [2.24, 2.45) is 0 Å². The molecule has 0 bridgehead atoms. The highest BCUT2D eigenvalue weighted by atomic mass is 79.9. The van der Waals surface area contributed by atoms with Crippen LogP contribution in [-0.2, 0) is 13.2 Å². The summed E-state index contributed by atoms with van der Waals surface area (Å²) in [5, 5.41) is 8.42. The Bertz CT molecular complexity index is 1310. The highest BCUT2D eigenvalue weighted by molar-refractivity contribution is 9.10. The molecule has 5 nitrogen and oxygen atoms in total. The van der Waals surface area contributed by atoms with Crippen molar-refractivity contribution in [3.63, 3.8) is 0 Å². The minimum atomic E-state index is -0.320. The molecular weight excluding hydrogens is 549 g/mol. The van der Waals surface area contributed by atoms with Gasteiger partial charge in [-0.25, -0.2) is 0 Å². The van der Waals surface area contributed by atoms with Crippen LogP contribution >= 0.6 is 50.7 Å². The maximum absolute atomic E-state index is 12.8. The van der Waals surface area contributed by atoms with Gasteiger partial charge in [-0.05, 0) is 63.5 Å². The Kier molecular flexibility index (Phi) is 7.60. The van der Waals surface area contributed by atoms with Crippen molar-refractivity contribution >= 4 is 62.5 Å². The van der Waals surface area contributed by atoms with Crippen LogP contribution in [0.25, 0.3) is 0 Å². The number of amides is 1. The van der Waals surface area contributed by atoms with Gasteiger partial charge in [-0.2, -0.15) is 5.10 Å². The molecule has 0 atom stereocenters. The number of para-hydroxylation sites is 1. The molecule has 1 aromatic heterocycles. The molecular formula is C24H17BrCl3N3O2. The van der Waals surface area contributed by atoms with Crippen LogP contribution in [-0.4, -0.2) is 15.7 Å². The zero-order valence-corrected chi connectivity index (χ0v) is 20.9. The fourth-order valence-corrected chi connectivity index (χ4v) is 4.01. The maximum Gasteiger partial charge on any atom is 0.256 e. The van der Waals surface area contributed by atoms with Crippen LogP contribution < -0.4 is 10.1 Å². The van der Waals surface area contributed by atoms with Crippen LogP contribution in [0.5, 0.6) is 5.75 Å². The fourth-order valence-electron chi connectivity index (χ4n) is 3.09. The summed E-state index contributed by atoms with van der Waals surface area (Å²) in [5.41, 5.74) is 2.23. The van der Waals surface area contributed by atoms with Gasteiger partial charge >= 0.3 is 0 Å². The Morgan fingerprint density at radius 3 is 2.55 bits per heavy atom. The number of carbonyl (C=O) groups is 1. The van der Waals surface area contributed by atoms with E-state index in [2.05, 4.69) is 26.3 Å². The Labute approximate surface area is 214 Å². The van der Waals surface area contributed by atoms with E-state index in [-0.39, 0.29) is 11.7 Å². The number of anilines is 1. The van der Waals surface area contributed by atoms with Crippen molar-refractivity contribution in [2.45, 2.75) is 13.2 Å². The average Bonchev–Trinajstić information content (AvgIpc) is 3.14. The van der Waals surface area contributed by atoms with E-state index < -0.39 is 0 Å². The van der Waals surface area contributed by atoms with Crippen molar-refractivity contribution in [1.29, 1.82) is 0 Å². The van der Waals surface area contributed by atoms with Crippen LogP contribution in [0.4, 0.5) is 5.82 Å². The van der Waals surface area contributed by atoms with Gasteiger partial charge in [0.2, 0.25) is 0 Å². The van der Waals surface area contributed by atoms with Crippen LogP contribution in [0.15, 0.2) is 77.4 Å². The highest BCUT2D eigenvalue weighted by Crippen LogP contribution is 2.26. The number of hydrogen-bond acceptors (Lipinski definition) is 3.